The zero-order valence-corrected chi connectivity index (χ0v) is 18.4. The van der Waals surface area contributed by atoms with Gasteiger partial charge >= 0.3 is 5.97 Å². The molecule has 3 heterocycles. The summed E-state index contributed by atoms with van der Waals surface area (Å²) in [6.07, 6.45) is 7.20. The van der Waals surface area contributed by atoms with E-state index in [-0.39, 0.29) is 6.42 Å². The minimum atomic E-state index is -0.903. The molecule has 0 saturated carbocycles. The summed E-state index contributed by atoms with van der Waals surface area (Å²) in [6.45, 7) is 0.608. The lowest BCUT2D eigenvalue weighted by molar-refractivity contribution is -0.135. The Labute approximate surface area is 194 Å². The van der Waals surface area contributed by atoms with Gasteiger partial charge in [0.1, 0.15) is 10.7 Å². The molecule has 7 heteroatoms. The van der Waals surface area contributed by atoms with E-state index < -0.39 is 5.97 Å². The Hall–Kier alpha value is -4.10. The van der Waals surface area contributed by atoms with E-state index in [2.05, 4.69) is 22.1 Å². The third-order valence-electron chi connectivity index (χ3n) is 5.15. The number of fused-ring (bicyclic) bond motifs is 1. The fourth-order valence-electron chi connectivity index (χ4n) is 3.67. The van der Waals surface area contributed by atoms with Crippen LogP contribution in [0.2, 0.25) is 0 Å². The van der Waals surface area contributed by atoms with E-state index in [0.717, 1.165) is 32.6 Å². The molecule has 0 saturated heterocycles. The highest BCUT2D eigenvalue weighted by atomic mass is 32.1. The molecule has 0 amide bonds. The number of carbonyl (C=O) groups is 1. The first-order chi connectivity index (χ1) is 16.2. The van der Waals surface area contributed by atoms with Crippen LogP contribution in [0.25, 0.3) is 33.1 Å². The van der Waals surface area contributed by atoms with Crippen molar-refractivity contribution in [2.75, 3.05) is 0 Å². The maximum absolute atomic E-state index is 11.7. The van der Waals surface area contributed by atoms with Gasteiger partial charge in [0.15, 0.2) is 0 Å². The number of carboxylic acids is 1. The number of hydrogen-bond acceptors (Lipinski definition) is 5. The van der Waals surface area contributed by atoms with Crippen molar-refractivity contribution in [2.24, 2.45) is 0 Å². The van der Waals surface area contributed by atoms with E-state index in [9.17, 15) is 9.90 Å². The Morgan fingerprint density at radius 2 is 1.85 bits per heavy atom. The molecular weight excluding hydrogens is 432 g/mol. The molecule has 0 spiro atoms. The molecule has 0 bridgehead atoms. The van der Waals surface area contributed by atoms with Crippen molar-refractivity contribution in [3.63, 3.8) is 0 Å². The highest BCUT2D eigenvalue weighted by Gasteiger charge is 2.16. The number of para-hydroxylation sites is 1. The Balaban J connectivity index is 1.61. The minimum absolute atomic E-state index is 0.129. The molecule has 33 heavy (non-hydrogen) atoms. The SMILES string of the molecule is O=C(O)C/C(=C/c1cn(Cc2ccccc2)nc1-c1cccnc1)c1nc2ccccc2s1. The van der Waals surface area contributed by atoms with Crippen LogP contribution >= 0.6 is 11.3 Å². The Kier molecular flexibility index (Phi) is 5.78. The number of carboxylic acid groups (broad SMARTS) is 1. The van der Waals surface area contributed by atoms with Crippen LogP contribution in [0.15, 0.2) is 85.3 Å². The summed E-state index contributed by atoms with van der Waals surface area (Å²) >= 11 is 1.50. The molecule has 0 radical (unpaired) electrons. The van der Waals surface area contributed by atoms with Gasteiger partial charge in [-0.1, -0.05) is 42.5 Å². The molecule has 6 nitrogen and oxygen atoms in total. The fraction of sp³-hybridized carbons (Fsp3) is 0.0769. The van der Waals surface area contributed by atoms with Gasteiger partial charge in [-0.05, 0) is 41.5 Å². The van der Waals surface area contributed by atoms with Crippen LogP contribution in [0.1, 0.15) is 22.6 Å². The largest absolute Gasteiger partial charge is 0.481 e. The second-order valence-corrected chi connectivity index (χ2v) is 8.62. The minimum Gasteiger partial charge on any atom is -0.481 e. The van der Waals surface area contributed by atoms with E-state index in [1.165, 1.54) is 11.3 Å². The molecule has 1 N–H and O–H groups in total. The van der Waals surface area contributed by atoms with Crippen LogP contribution in [-0.2, 0) is 11.3 Å². The number of pyridine rings is 1. The number of benzene rings is 2. The number of thiazole rings is 1. The highest BCUT2D eigenvalue weighted by Crippen LogP contribution is 2.32. The summed E-state index contributed by atoms with van der Waals surface area (Å²) in [6, 6.07) is 21.7. The molecule has 2 aromatic carbocycles. The highest BCUT2D eigenvalue weighted by molar-refractivity contribution is 7.19. The van der Waals surface area contributed by atoms with Crippen LogP contribution in [0.5, 0.6) is 0 Å². The van der Waals surface area contributed by atoms with Crippen LogP contribution < -0.4 is 0 Å². The number of rotatable bonds is 7. The maximum atomic E-state index is 11.7. The first kappa shape index (κ1) is 20.8. The third-order valence-corrected chi connectivity index (χ3v) is 6.26. The summed E-state index contributed by atoms with van der Waals surface area (Å²) < 4.78 is 2.90. The lowest BCUT2D eigenvalue weighted by Gasteiger charge is -2.02. The molecule has 0 aliphatic rings. The van der Waals surface area contributed by atoms with Crippen molar-refractivity contribution in [3.05, 3.63) is 101 Å². The number of hydrogen-bond donors (Lipinski definition) is 1. The average Bonchev–Trinajstić information content (AvgIpc) is 3.44. The number of nitrogens with zero attached hydrogens (tertiary/aromatic N) is 4. The second-order valence-electron chi connectivity index (χ2n) is 7.58. The van der Waals surface area contributed by atoms with Crippen molar-refractivity contribution < 1.29 is 9.90 Å². The van der Waals surface area contributed by atoms with Crippen molar-refractivity contribution >= 4 is 39.2 Å². The normalized spacial score (nSPS) is 11.7. The quantitative estimate of drug-likeness (QED) is 0.347. The maximum Gasteiger partial charge on any atom is 0.307 e. The van der Waals surface area contributed by atoms with E-state index in [4.69, 9.17) is 5.10 Å². The number of aliphatic carboxylic acids is 1. The standard InChI is InChI=1S/C26H20N4O2S/c31-24(32)14-20(26-28-22-10-4-5-11-23(22)33-26)13-21-17-30(16-18-7-2-1-3-8-18)29-25(21)19-9-6-12-27-15-19/h1-13,15,17H,14,16H2,(H,31,32)/b20-13-. The molecule has 5 aromatic rings. The van der Waals surface area contributed by atoms with Crippen LogP contribution in [0.3, 0.4) is 0 Å². The second kappa shape index (κ2) is 9.18. The number of aromatic nitrogens is 4. The Morgan fingerprint density at radius 3 is 2.61 bits per heavy atom. The van der Waals surface area contributed by atoms with Crippen molar-refractivity contribution in [3.8, 4) is 11.3 Å². The fourth-order valence-corrected chi connectivity index (χ4v) is 4.65. The van der Waals surface area contributed by atoms with Crippen LogP contribution in [-0.4, -0.2) is 30.8 Å². The Bertz CT molecular complexity index is 1410. The van der Waals surface area contributed by atoms with Crippen molar-refractivity contribution in [1.82, 2.24) is 19.7 Å². The molecular formula is C26H20N4O2S. The van der Waals surface area contributed by atoms with Crippen LogP contribution in [0, 0.1) is 0 Å². The topological polar surface area (TPSA) is 80.9 Å². The molecule has 3 aromatic heterocycles. The van der Waals surface area contributed by atoms with Crippen molar-refractivity contribution in [2.45, 2.75) is 13.0 Å². The summed E-state index contributed by atoms with van der Waals surface area (Å²) in [5.41, 5.74) is 5.09. The lowest BCUT2D eigenvalue weighted by Crippen LogP contribution is -2.00. The summed E-state index contributed by atoms with van der Waals surface area (Å²) in [5, 5.41) is 15.1. The van der Waals surface area contributed by atoms with E-state index in [1.807, 2.05) is 71.6 Å². The van der Waals surface area contributed by atoms with Gasteiger partial charge in [0.25, 0.3) is 0 Å². The molecule has 0 aliphatic carbocycles. The monoisotopic (exact) mass is 452 g/mol. The Morgan fingerprint density at radius 1 is 1.03 bits per heavy atom. The van der Waals surface area contributed by atoms with E-state index in [0.29, 0.717) is 17.1 Å². The zero-order chi connectivity index (χ0) is 22.6. The molecule has 0 fully saturated rings. The molecule has 0 aliphatic heterocycles. The third kappa shape index (κ3) is 4.73. The lowest BCUT2D eigenvalue weighted by atomic mass is 10.1. The first-order valence-electron chi connectivity index (χ1n) is 10.5. The molecule has 5 rings (SSSR count). The van der Waals surface area contributed by atoms with Gasteiger partial charge in [-0.25, -0.2) is 4.98 Å². The van der Waals surface area contributed by atoms with Gasteiger partial charge in [-0.2, -0.15) is 5.10 Å². The van der Waals surface area contributed by atoms with Gasteiger partial charge in [0, 0.05) is 29.7 Å². The van der Waals surface area contributed by atoms with Gasteiger partial charge in [-0.3, -0.25) is 14.5 Å². The summed E-state index contributed by atoms with van der Waals surface area (Å²) in [5.74, 6) is -0.903. The van der Waals surface area contributed by atoms with Crippen LogP contribution in [0.4, 0.5) is 0 Å². The van der Waals surface area contributed by atoms with E-state index >= 15 is 0 Å². The predicted octanol–water partition coefficient (Wildman–Crippen LogP) is 5.62. The molecule has 0 unspecified atom stereocenters. The van der Waals surface area contributed by atoms with Gasteiger partial charge in [-0.15, -0.1) is 11.3 Å². The van der Waals surface area contributed by atoms with E-state index in [1.54, 1.807) is 12.4 Å². The van der Waals surface area contributed by atoms with Gasteiger partial charge < -0.3 is 5.11 Å². The summed E-state index contributed by atoms with van der Waals surface area (Å²) in [7, 11) is 0. The van der Waals surface area contributed by atoms with Gasteiger partial charge in [0.05, 0.1) is 23.2 Å². The summed E-state index contributed by atoms with van der Waals surface area (Å²) in [4.78, 5) is 20.6. The average molecular weight is 453 g/mol. The predicted molar refractivity (Wildman–Crippen MR) is 131 cm³/mol. The first-order valence-corrected chi connectivity index (χ1v) is 11.3. The molecule has 0 atom stereocenters. The van der Waals surface area contributed by atoms with Crippen molar-refractivity contribution in [1.29, 1.82) is 0 Å². The zero-order valence-electron chi connectivity index (χ0n) is 17.6. The smallest absolute Gasteiger partial charge is 0.307 e. The molecule has 162 valence electrons. The van der Waals surface area contributed by atoms with Gasteiger partial charge in [0.2, 0.25) is 0 Å².